The van der Waals surface area contributed by atoms with Crippen LogP contribution in [0.3, 0.4) is 0 Å². The lowest BCUT2D eigenvalue weighted by Gasteiger charge is -2.09. The van der Waals surface area contributed by atoms with E-state index in [0.29, 0.717) is 6.61 Å². The fourth-order valence-corrected chi connectivity index (χ4v) is 1.92. The third-order valence-electron chi connectivity index (χ3n) is 2.24. The molecular formula is C14H18BrNO. The molecule has 0 atom stereocenters. The van der Waals surface area contributed by atoms with Crippen LogP contribution in [0.1, 0.15) is 25.8 Å². The fourth-order valence-electron chi connectivity index (χ4n) is 1.38. The van der Waals surface area contributed by atoms with Crippen molar-refractivity contribution in [2.75, 3.05) is 13.2 Å². The molecule has 0 aliphatic carbocycles. The minimum atomic E-state index is 0.631. The molecule has 0 saturated heterocycles. The summed E-state index contributed by atoms with van der Waals surface area (Å²) in [5.74, 6) is 6.71. The lowest BCUT2D eigenvalue weighted by atomic mass is 10.2. The first-order valence-electron chi connectivity index (χ1n) is 5.79. The molecule has 0 amide bonds. The minimum absolute atomic E-state index is 0.631. The zero-order valence-corrected chi connectivity index (χ0v) is 11.9. The highest BCUT2D eigenvalue weighted by atomic mass is 79.9. The van der Waals surface area contributed by atoms with Crippen LogP contribution in [0.2, 0.25) is 0 Å². The van der Waals surface area contributed by atoms with Crippen LogP contribution in [0, 0.1) is 11.8 Å². The monoisotopic (exact) mass is 295 g/mol. The molecule has 1 rings (SSSR count). The molecule has 92 valence electrons. The summed E-state index contributed by atoms with van der Waals surface area (Å²) < 4.78 is 6.63. The largest absolute Gasteiger partial charge is 0.491 e. The molecule has 0 radical (unpaired) electrons. The maximum Gasteiger partial charge on any atom is 0.133 e. The Bertz CT molecular complexity index is 406. The smallest absolute Gasteiger partial charge is 0.133 e. The van der Waals surface area contributed by atoms with Crippen molar-refractivity contribution >= 4 is 15.9 Å². The highest BCUT2D eigenvalue weighted by Gasteiger charge is 2.02. The van der Waals surface area contributed by atoms with Crippen molar-refractivity contribution in [1.82, 2.24) is 5.32 Å². The molecule has 0 fully saturated rings. The molecule has 0 aliphatic rings. The predicted octanol–water partition coefficient (Wildman–Crippen LogP) is 3.35. The van der Waals surface area contributed by atoms with Gasteiger partial charge in [0, 0.05) is 13.0 Å². The Kier molecular flexibility index (Phi) is 6.76. The van der Waals surface area contributed by atoms with E-state index >= 15 is 0 Å². The van der Waals surface area contributed by atoms with Gasteiger partial charge in [0.25, 0.3) is 0 Å². The van der Waals surface area contributed by atoms with Crippen LogP contribution in [0.15, 0.2) is 22.7 Å². The average Bonchev–Trinajstić information content (AvgIpc) is 2.34. The van der Waals surface area contributed by atoms with Gasteiger partial charge in [0.1, 0.15) is 5.75 Å². The molecule has 1 aromatic carbocycles. The summed E-state index contributed by atoms with van der Waals surface area (Å²) in [6.07, 6.45) is 0.766. The number of ether oxygens (including phenoxy) is 1. The van der Waals surface area contributed by atoms with Gasteiger partial charge in [-0.1, -0.05) is 13.0 Å². The van der Waals surface area contributed by atoms with Crippen LogP contribution in [0.5, 0.6) is 5.75 Å². The lowest BCUT2D eigenvalue weighted by molar-refractivity contribution is 0.325. The van der Waals surface area contributed by atoms with Gasteiger partial charge in [-0.25, -0.2) is 0 Å². The Morgan fingerprint density at radius 1 is 1.41 bits per heavy atom. The Labute approximate surface area is 112 Å². The van der Waals surface area contributed by atoms with Crippen molar-refractivity contribution in [2.45, 2.75) is 26.8 Å². The standard InChI is InChI=1S/C14H18BrNO/c1-3-5-6-9-17-14-8-7-12(10-13(14)15)11-16-4-2/h7-8,10,16H,4,6,9,11H2,1-2H3. The first-order chi connectivity index (χ1) is 8.27. The Balaban J connectivity index is 2.52. The summed E-state index contributed by atoms with van der Waals surface area (Å²) in [7, 11) is 0. The molecule has 0 heterocycles. The Hall–Kier alpha value is -0.980. The number of benzene rings is 1. The third-order valence-corrected chi connectivity index (χ3v) is 2.86. The van der Waals surface area contributed by atoms with Crippen LogP contribution in [-0.2, 0) is 6.54 Å². The number of hydrogen-bond donors (Lipinski definition) is 1. The van der Waals surface area contributed by atoms with Gasteiger partial charge in [0.05, 0.1) is 11.1 Å². The summed E-state index contributed by atoms with van der Waals surface area (Å²) in [6, 6.07) is 6.16. The zero-order valence-electron chi connectivity index (χ0n) is 10.3. The topological polar surface area (TPSA) is 21.3 Å². The second-order valence-corrected chi connectivity index (χ2v) is 4.42. The third kappa shape index (κ3) is 5.25. The Morgan fingerprint density at radius 3 is 2.88 bits per heavy atom. The minimum Gasteiger partial charge on any atom is -0.491 e. The zero-order chi connectivity index (χ0) is 12.5. The van der Waals surface area contributed by atoms with Crippen LogP contribution < -0.4 is 10.1 Å². The SMILES string of the molecule is CC#CCCOc1ccc(CNCC)cc1Br. The summed E-state index contributed by atoms with van der Waals surface area (Å²) in [5, 5.41) is 3.29. The summed E-state index contributed by atoms with van der Waals surface area (Å²) in [5.41, 5.74) is 1.25. The van der Waals surface area contributed by atoms with Crippen molar-refractivity contribution in [3.05, 3.63) is 28.2 Å². The van der Waals surface area contributed by atoms with Gasteiger partial charge in [0.2, 0.25) is 0 Å². The van der Waals surface area contributed by atoms with E-state index in [0.717, 1.165) is 29.7 Å². The maximum absolute atomic E-state index is 5.63. The maximum atomic E-state index is 5.63. The fraction of sp³-hybridized carbons (Fsp3) is 0.429. The molecule has 0 unspecified atom stereocenters. The predicted molar refractivity (Wildman–Crippen MR) is 75.1 cm³/mol. The summed E-state index contributed by atoms with van der Waals surface area (Å²) >= 11 is 3.52. The molecule has 2 nitrogen and oxygen atoms in total. The molecule has 1 N–H and O–H groups in total. The molecule has 0 bridgehead atoms. The molecule has 3 heteroatoms. The molecule has 0 spiro atoms. The van der Waals surface area contributed by atoms with E-state index in [2.05, 4.69) is 52.1 Å². The first-order valence-corrected chi connectivity index (χ1v) is 6.58. The lowest BCUT2D eigenvalue weighted by Crippen LogP contribution is -2.11. The van der Waals surface area contributed by atoms with Crippen LogP contribution >= 0.6 is 15.9 Å². The quantitative estimate of drug-likeness (QED) is 0.642. The second-order valence-electron chi connectivity index (χ2n) is 3.57. The summed E-state index contributed by atoms with van der Waals surface area (Å²) in [6.45, 7) is 6.43. The van der Waals surface area contributed by atoms with Gasteiger partial charge in [-0.3, -0.25) is 0 Å². The van der Waals surface area contributed by atoms with Crippen molar-refractivity contribution in [3.8, 4) is 17.6 Å². The number of halogens is 1. The van der Waals surface area contributed by atoms with Gasteiger partial charge in [-0.2, -0.15) is 0 Å². The van der Waals surface area contributed by atoms with Gasteiger partial charge >= 0.3 is 0 Å². The molecule has 17 heavy (non-hydrogen) atoms. The molecular weight excluding hydrogens is 278 g/mol. The van der Waals surface area contributed by atoms with E-state index in [4.69, 9.17) is 4.74 Å². The van der Waals surface area contributed by atoms with Gasteiger partial charge < -0.3 is 10.1 Å². The second kappa shape index (κ2) is 8.16. The van der Waals surface area contributed by atoms with E-state index in [1.54, 1.807) is 0 Å². The van der Waals surface area contributed by atoms with Crippen LogP contribution in [0.25, 0.3) is 0 Å². The molecule has 0 aromatic heterocycles. The van der Waals surface area contributed by atoms with Gasteiger partial charge in [-0.15, -0.1) is 11.8 Å². The van der Waals surface area contributed by atoms with Crippen molar-refractivity contribution in [3.63, 3.8) is 0 Å². The average molecular weight is 296 g/mol. The first kappa shape index (κ1) is 14.1. The van der Waals surface area contributed by atoms with Gasteiger partial charge in [-0.05, 0) is 47.1 Å². The van der Waals surface area contributed by atoms with Gasteiger partial charge in [0.15, 0.2) is 0 Å². The van der Waals surface area contributed by atoms with Crippen molar-refractivity contribution < 1.29 is 4.74 Å². The highest BCUT2D eigenvalue weighted by molar-refractivity contribution is 9.10. The van der Waals surface area contributed by atoms with E-state index in [9.17, 15) is 0 Å². The number of hydrogen-bond acceptors (Lipinski definition) is 2. The van der Waals surface area contributed by atoms with E-state index in [1.807, 2.05) is 13.0 Å². The molecule has 0 saturated carbocycles. The van der Waals surface area contributed by atoms with E-state index < -0.39 is 0 Å². The molecule has 0 aliphatic heterocycles. The highest BCUT2D eigenvalue weighted by Crippen LogP contribution is 2.26. The van der Waals surface area contributed by atoms with E-state index in [-0.39, 0.29) is 0 Å². The van der Waals surface area contributed by atoms with Crippen LogP contribution in [-0.4, -0.2) is 13.2 Å². The Morgan fingerprint density at radius 2 is 2.24 bits per heavy atom. The normalized spacial score (nSPS) is 9.59. The summed E-state index contributed by atoms with van der Waals surface area (Å²) in [4.78, 5) is 0. The number of nitrogens with one attached hydrogen (secondary N) is 1. The number of rotatable bonds is 6. The van der Waals surface area contributed by atoms with Crippen molar-refractivity contribution in [2.24, 2.45) is 0 Å². The van der Waals surface area contributed by atoms with Crippen molar-refractivity contribution in [1.29, 1.82) is 0 Å². The van der Waals surface area contributed by atoms with E-state index in [1.165, 1.54) is 5.56 Å². The van der Waals surface area contributed by atoms with Crippen LogP contribution in [0.4, 0.5) is 0 Å². The molecule has 1 aromatic rings.